The Hall–Kier alpha value is -2.76. The zero-order chi connectivity index (χ0) is 31.0. The van der Waals surface area contributed by atoms with Crippen molar-refractivity contribution in [3.63, 3.8) is 0 Å². The average molecular weight is 697 g/mol. The number of nitrogens with one attached hydrogen (secondary N) is 2. The zero-order valence-corrected chi connectivity index (χ0v) is 27.4. The van der Waals surface area contributed by atoms with Crippen molar-refractivity contribution >= 4 is 73.8 Å². The molecule has 3 aromatic heterocycles. The number of carbonyl (C=O) groups excluding carboxylic acids is 3. The summed E-state index contributed by atoms with van der Waals surface area (Å²) in [5, 5.41) is 3.38. The third-order valence-electron chi connectivity index (χ3n) is 7.81. The molecule has 2 saturated heterocycles. The normalized spacial score (nSPS) is 20.2. The van der Waals surface area contributed by atoms with E-state index >= 15 is 0 Å². The summed E-state index contributed by atoms with van der Waals surface area (Å²) in [4.78, 5) is 61.0. The van der Waals surface area contributed by atoms with Crippen molar-refractivity contribution < 1.29 is 22.8 Å². The maximum Gasteiger partial charge on any atom is 0.267 e. The number of thiophene rings is 2. The van der Waals surface area contributed by atoms with Crippen LogP contribution in [0.5, 0.6) is 0 Å². The van der Waals surface area contributed by atoms with Gasteiger partial charge in [-0.1, -0.05) is 23.4 Å². The summed E-state index contributed by atoms with van der Waals surface area (Å²) in [6.45, 7) is 1.31. The number of likely N-dealkylation sites (tertiary alicyclic amines) is 2. The number of halogens is 1. The van der Waals surface area contributed by atoms with Gasteiger partial charge in [0, 0.05) is 53.9 Å². The van der Waals surface area contributed by atoms with Crippen LogP contribution in [0.2, 0.25) is 4.34 Å². The number of rotatable bonds is 9. The number of aromatic nitrogens is 2. The lowest BCUT2D eigenvalue weighted by molar-refractivity contribution is -0.143. The highest BCUT2D eigenvalue weighted by Crippen LogP contribution is 2.37. The molecule has 12 nitrogen and oxygen atoms in total. The molecule has 3 aliphatic heterocycles. The van der Waals surface area contributed by atoms with E-state index in [2.05, 4.69) is 15.0 Å². The predicted octanol–water partition coefficient (Wildman–Crippen LogP) is 2.48. The minimum Gasteiger partial charge on any atom is -0.350 e. The predicted molar refractivity (Wildman–Crippen MR) is 169 cm³/mol. The Bertz CT molecular complexity index is 1770. The number of amides is 3. The molecule has 6 rings (SSSR count). The Kier molecular flexibility index (Phi) is 9.17. The molecule has 2 atom stereocenters. The number of piperidine rings is 1. The first-order chi connectivity index (χ1) is 21.1. The van der Waals surface area contributed by atoms with E-state index in [4.69, 9.17) is 11.6 Å². The molecule has 2 fully saturated rings. The highest BCUT2D eigenvalue weighted by molar-refractivity contribution is 7.99. The Morgan fingerprint density at radius 3 is 2.59 bits per heavy atom. The van der Waals surface area contributed by atoms with Gasteiger partial charge >= 0.3 is 0 Å². The fourth-order valence-corrected chi connectivity index (χ4v) is 10.2. The van der Waals surface area contributed by atoms with Crippen LogP contribution in [0.15, 0.2) is 44.6 Å². The Labute approximate surface area is 270 Å². The van der Waals surface area contributed by atoms with Crippen LogP contribution in [0.3, 0.4) is 0 Å². The van der Waals surface area contributed by atoms with E-state index in [1.165, 1.54) is 44.8 Å². The van der Waals surface area contributed by atoms with Crippen molar-refractivity contribution in [2.75, 3.05) is 31.9 Å². The molecule has 3 aromatic rings. The molecule has 2 unspecified atom stereocenters. The largest absolute Gasteiger partial charge is 0.350 e. The average Bonchev–Trinajstić information content (AvgIpc) is 3.81. The van der Waals surface area contributed by atoms with Crippen LogP contribution in [0.1, 0.15) is 36.0 Å². The minimum atomic E-state index is -3.97. The van der Waals surface area contributed by atoms with Crippen molar-refractivity contribution in [2.24, 2.45) is 0 Å². The molecular formula is C27H29ClN6O6S4. The standard InChI is InChI=1S/C27H29ClN6O6S4/c28-21-7-5-19(42-21)20-6-8-23(43-20)44(39,40)31-18-4-2-9-32(26(18)38)15-22(35)33-10-1-3-16(33)13-29-24(36)17-14-30-27-34(25(17)37)11-12-41-27/h5-8,14,16,18,31H,1-4,9-13,15H2,(H,29,36). The van der Waals surface area contributed by atoms with Crippen molar-refractivity contribution in [2.45, 2.75) is 53.7 Å². The van der Waals surface area contributed by atoms with Crippen molar-refractivity contribution in [3.05, 3.63) is 50.7 Å². The lowest BCUT2D eigenvalue weighted by Crippen LogP contribution is -2.55. The van der Waals surface area contributed by atoms with Gasteiger partial charge < -0.3 is 15.1 Å². The van der Waals surface area contributed by atoms with Gasteiger partial charge in [-0.3, -0.25) is 23.7 Å². The molecule has 0 saturated carbocycles. The van der Waals surface area contributed by atoms with Crippen LogP contribution in [0.25, 0.3) is 9.75 Å². The topological polar surface area (TPSA) is 151 Å². The van der Waals surface area contributed by atoms with Gasteiger partial charge in [0.2, 0.25) is 11.8 Å². The summed E-state index contributed by atoms with van der Waals surface area (Å²) in [6.07, 6.45) is 3.57. The first kappa shape index (κ1) is 31.2. The summed E-state index contributed by atoms with van der Waals surface area (Å²) in [5.74, 6) is -0.512. The van der Waals surface area contributed by atoms with E-state index in [0.717, 1.165) is 33.3 Å². The second-order valence-electron chi connectivity index (χ2n) is 10.7. The van der Waals surface area contributed by atoms with E-state index in [-0.39, 0.29) is 40.4 Å². The number of carbonyl (C=O) groups is 3. The highest BCUT2D eigenvalue weighted by Gasteiger charge is 2.36. The molecule has 0 aliphatic carbocycles. The molecule has 3 aliphatic rings. The van der Waals surface area contributed by atoms with Crippen LogP contribution in [-0.4, -0.2) is 89.5 Å². The first-order valence-electron chi connectivity index (χ1n) is 14.1. The number of hydrogen-bond donors (Lipinski definition) is 2. The second-order valence-corrected chi connectivity index (χ2v) is 16.5. The van der Waals surface area contributed by atoms with Crippen LogP contribution in [0, 0.1) is 0 Å². The summed E-state index contributed by atoms with van der Waals surface area (Å²) in [7, 11) is -3.97. The Balaban J connectivity index is 1.05. The Morgan fingerprint density at radius 1 is 1.02 bits per heavy atom. The molecule has 0 aromatic carbocycles. The van der Waals surface area contributed by atoms with E-state index in [1.54, 1.807) is 17.0 Å². The van der Waals surface area contributed by atoms with Crippen molar-refractivity contribution in [3.8, 4) is 9.75 Å². The third kappa shape index (κ3) is 6.46. The lowest BCUT2D eigenvalue weighted by Gasteiger charge is -2.34. The van der Waals surface area contributed by atoms with Crippen LogP contribution >= 0.6 is 46.0 Å². The number of hydrogen-bond acceptors (Lipinski definition) is 10. The molecule has 6 heterocycles. The fourth-order valence-electron chi connectivity index (χ4n) is 5.61. The number of thioether (sulfide) groups is 1. The minimum absolute atomic E-state index is 0.0331. The van der Waals surface area contributed by atoms with Crippen LogP contribution < -0.4 is 15.6 Å². The summed E-state index contributed by atoms with van der Waals surface area (Å²) in [5.41, 5.74) is -0.410. The zero-order valence-electron chi connectivity index (χ0n) is 23.4. The summed E-state index contributed by atoms with van der Waals surface area (Å²) in [6, 6.07) is 5.54. The van der Waals surface area contributed by atoms with Gasteiger partial charge in [0.25, 0.3) is 21.5 Å². The van der Waals surface area contributed by atoms with Gasteiger partial charge in [0.1, 0.15) is 15.8 Å². The molecule has 0 bridgehead atoms. The van der Waals surface area contributed by atoms with Gasteiger partial charge in [0.15, 0.2) is 5.16 Å². The number of nitrogens with zero attached hydrogens (tertiary/aromatic N) is 4. The molecule has 3 amide bonds. The molecule has 234 valence electrons. The van der Waals surface area contributed by atoms with E-state index in [0.29, 0.717) is 48.4 Å². The van der Waals surface area contributed by atoms with Gasteiger partial charge in [-0.25, -0.2) is 13.4 Å². The van der Waals surface area contributed by atoms with Crippen molar-refractivity contribution in [1.29, 1.82) is 0 Å². The molecule has 0 radical (unpaired) electrons. The van der Waals surface area contributed by atoms with Crippen LogP contribution in [-0.2, 0) is 26.2 Å². The number of fused-ring (bicyclic) bond motifs is 1. The first-order valence-corrected chi connectivity index (χ1v) is 18.6. The highest BCUT2D eigenvalue weighted by atomic mass is 35.5. The molecule has 44 heavy (non-hydrogen) atoms. The lowest BCUT2D eigenvalue weighted by atomic mass is 10.1. The fraction of sp³-hybridized carbons (Fsp3) is 0.444. The summed E-state index contributed by atoms with van der Waals surface area (Å²) >= 11 is 9.93. The van der Waals surface area contributed by atoms with Gasteiger partial charge in [0.05, 0.1) is 10.9 Å². The second kappa shape index (κ2) is 12.9. The smallest absolute Gasteiger partial charge is 0.267 e. The van der Waals surface area contributed by atoms with E-state index in [9.17, 15) is 27.6 Å². The summed E-state index contributed by atoms with van der Waals surface area (Å²) < 4.78 is 31.0. The maximum absolute atomic E-state index is 13.3. The number of sulfonamides is 1. The monoisotopic (exact) mass is 696 g/mol. The van der Waals surface area contributed by atoms with Gasteiger partial charge in [-0.2, -0.15) is 4.72 Å². The quantitative estimate of drug-likeness (QED) is 0.324. The van der Waals surface area contributed by atoms with Crippen molar-refractivity contribution in [1.82, 2.24) is 29.4 Å². The molecule has 0 spiro atoms. The molecule has 2 N–H and O–H groups in total. The molecular weight excluding hydrogens is 668 g/mol. The van der Waals surface area contributed by atoms with Gasteiger partial charge in [-0.05, 0) is 49.9 Å². The SMILES string of the molecule is O=C(NCC1CCCN1C(=O)CN1CCCC(NS(=O)(=O)c2ccc(-c3ccc(Cl)s3)s2)C1=O)c1cnc2n(c1=O)CCS2. The van der Waals surface area contributed by atoms with Crippen LogP contribution in [0.4, 0.5) is 0 Å². The van der Waals surface area contributed by atoms with Gasteiger partial charge in [-0.15, -0.1) is 22.7 Å². The molecule has 17 heteroatoms. The third-order valence-corrected chi connectivity index (χ3v) is 13.3. The maximum atomic E-state index is 13.3. The van der Waals surface area contributed by atoms with E-state index < -0.39 is 27.9 Å². The Morgan fingerprint density at radius 2 is 1.80 bits per heavy atom. The van der Waals surface area contributed by atoms with E-state index in [1.807, 2.05) is 6.07 Å².